The highest BCUT2D eigenvalue weighted by Gasteiger charge is 2.26. The molecule has 1 atom stereocenters. The van der Waals surface area contributed by atoms with Crippen LogP contribution < -0.4 is 15.4 Å². The highest BCUT2D eigenvalue weighted by atomic mass is 32.2. The summed E-state index contributed by atoms with van der Waals surface area (Å²) >= 11 is 0. The Bertz CT molecular complexity index is 833. The molecule has 3 N–H and O–H groups in total. The molecule has 0 spiro atoms. The first-order valence-electron chi connectivity index (χ1n) is 8.53. The molecule has 1 unspecified atom stereocenters. The lowest BCUT2D eigenvalue weighted by molar-refractivity contribution is -0.127. The first kappa shape index (κ1) is 20.8. The zero-order valence-corrected chi connectivity index (χ0v) is 16.1. The van der Waals surface area contributed by atoms with Crippen LogP contribution >= 0.6 is 0 Å². The summed E-state index contributed by atoms with van der Waals surface area (Å²) in [6, 6.07) is 4.42. The fraction of sp³-hybridized carbons (Fsp3) is 0.471. The summed E-state index contributed by atoms with van der Waals surface area (Å²) in [5.41, 5.74) is -0.0243. The van der Waals surface area contributed by atoms with Crippen molar-refractivity contribution in [2.24, 2.45) is 0 Å². The molecule has 0 aromatic heterocycles. The number of benzene rings is 1. The summed E-state index contributed by atoms with van der Waals surface area (Å²) in [6.45, 7) is 4.67. The van der Waals surface area contributed by atoms with Gasteiger partial charge in [-0.1, -0.05) is 6.07 Å². The zero-order valence-electron chi connectivity index (χ0n) is 15.3. The maximum atomic E-state index is 12.2. The van der Waals surface area contributed by atoms with Gasteiger partial charge in [0.15, 0.2) is 6.10 Å². The van der Waals surface area contributed by atoms with Gasteiger partial charge in [-0.2, -0.15) is 0 Å². The number of esters is 1. The van der Waals surface area contributed by atoms with Crippen molar-refractivity contribution in [2.45, 2.75) is 56.7 Å². The van der Waals surface area contributed by atoms with Crippen molar-refractivity contribution in [2.75, 3.05) is 0 Å². The molecule has 1 aliphatic rings. The molecule has 10 heteroatoms. The van der Waals surface area contributed by atoms with Crippen LogP contribution in [0.1, 0.15) is 44.0 Å². The smallest absolute Gasteiger partial charge is 0.338 e. The minimum Gasteiger partial charge on any atom is -0.449 e. The van der Waals surface area contributed by atoms with E-state index in [-0.39, 0.29) is 22.5 Å². The second-order valence-corrected chi connectivity index (χ2v) is 8.30. The molecule has 1 aromatic rings. The monoisotopic (exact) mass is 397 g/mol. The van der Waals surface area contributed by atoms with Crippen molar-refractivity contribution in [3.05, 3.63) is 29.8 Å². The van der Waals surface area contributed by atoms with Crippen molar-refractivity contribution in [3.8, 4) is 0 Å². The standard InChI is InChI=1S/C17H23N3O6S/c1-10(2)20-27(24,25)14-6-4-5-12(9-14)16(22)26-11(3)15(21)19-17(23)18-13-7-8-13/h4-6,9-11,13,20H,7-8H2,1-3H3,(H2,18,19,21,23). The molecule has 0 aliphatic heterocycles. The summed E-state index contributed by atoms with van der Waals surface area (Å²) in [7, 11) is -3.77. The van der Waals surface area contributed by atoms with E-state index in [0.29, 0.717) is 0 Å². The predicted molar refractivity (Wildman–Crippen MR) is 96.5 cm³/mol. The van der Waals surface area contributed by atoms with Crippen LogP contribution in [0.5, 0.6) is 0 Å². The predicted octanol–water partition coefficient (Wildman–Crippen LogP) is 0.907. The van der Waals surface area contributed by atoms with E-state index in [1.54, 1.807) is 13.8 Å². The van der Waals surface area contributed by atoms with Gasteiger partial charge in [0.05, 0.1) is 10.5 Å². The lowest BCUT2D eigenvalue weighted by atomic mass is 10.2. The van der Waals surface area contributed by atoms with E-state index < -0.39 is 34.0 Å². The van der Waals surface area contributed by atoms with Gasteiger partial charge < -0.3 is 10.1 Å². The summed E-state index contributed by atoms with van der Waals surface area (Å²) in [5, 5.41) is 4.67. The molecule has 27 heavy (non-hydrogen) atoms. The van der Waals surface area contributed by atoms with Gasteiger partial charge in [-0.3, -0.25) is 10.1 Å². The maximum Gasteiger partial charge on any atom is 0.338 e. The number of carbonyl (C=O) groups is 3. The van der Waals surface area contributed by atoms with Crippen LogP contribution in [0.2, 0.25) is 0 Å². The summed E-state index contributed by atoms with van der Waals surface area (Å²) < 4.78 is 31.8. The molecule has 1 fully saturated rings. The Morgan fingerprint density at radius 1 is 1.15 bits per heavy atom. The molecular weight excluding hydrogens is 374 g/mol. The number of hydrogen-bond donors (Lipinski definition) is 3. The molecule has 1 aromatic carbocycles. The Balaban J connectivity index is 1.99. The lowest BCUT2D eigenvalue weighted by Crippen LogP contribution is -2.45. The van der Waals surface area contributed by atoms with Crippen LogP contribution in [0.25, 0.3) is 0 Å². The molecule has 3 amide bonds. The average Bonchev–Trinajstić information content (AvgIpc) is 3.37. The van der Waals surface area contributed by atoms with Crippen LogP contribution in [-0.2, 0) is 19.6 Å². The van der Waals surface area contributed by atoms with E-state index in [2.05, 4.69) is 15.4 Å². The molecule has 148 valence electrons. The van der Waals surface area contributed by atoms with E-state index in [1.807, 2.05) is 0 Å². The quantitative estimate of drug-likeness (QED) is 0.586. The van der Waals surface area contributed by atoms with Gasteiger partial charge >= 0.3 is 12.0 Å². The summed E-state index contributed by atoms with van der Waals surface area (Å²) in [6.07, 6.45) is 0.519. The summed E-state index contributed by atoms with van der Waals surface area (Å²) in [4.78, 5) is 35.6. The number of urea groups is 1. The van der Waals surface area contributed by atoms with Gasteiger partial charge in [-0.15, -0.1) is 0 Å². The molecule has 1 saturated carbocycles. The Kier molecular flexibility index (Phi) is 6.55. The fourth-order valence-corrected chi connectivity index (χ4v) is 3.41. The minimum absolute atomic E-state index is 0.0243. The molecule has 1 aliphatic carbocycles. The number of rotatable bonds is 7. The molecule has 0 heterocycles. The SMILES string of the molecule is CC(C)NS(=O)(=O)c1cccc(C(=O)OC(C)C(=O)NC(=O)NC2CC2)c1. The van der Waals surface area contributed by atoms with E-state index >= 15 is 0 Å². The molecule has 2 rings (SSSR count). The highest BCUT2D eigenvalue weighted by molar-refractivity contribution is 7.89. The van der Waals surface area contributed by atoms with Gasteiger partial charge in [0.2, 0.25) is 10.0 Å². The fourth-order valence-electron chi connectivity index (χ4n) is 2.11. The Labute approximate surface area is 157 Å². The molecule has 0 saturated heterocycles. The molecule has 9 nitrogen and oxygen atoms in total. The highest BCUT2D eigenvalue weighted by Crippen LogP contribution is 2.18. The summed E-state index contributed by atoms with van der Waals surface area (Å²) in [5.74, 6) is -1.64. The number of ether oxygens (including phenoxy) is 1. The number of hydrogen-bond acceptors (Lipinski definition) is 6. The van der Waals surface area contributed by atoms with Crippen LogP contribution in [0.3, 0.4) is 0 Å². The first-order valence-corrected chi connectivity index (χ1v) is 10.0. The van der Waals surface area contributed by atoms with E-state index in [4.69, 9.17) is 4.74 Å². The molecule has 0 radical (unpaired) electrons. The second kappa shape index (κ2) is 8.49. The lowest BCUT2D eigenvalue weighted by Gasteiger charge is -2.14. The van der Waals surface area contributed by atoms with Crippen LogP contribution in [-0.4, -0.2) is 44.5 Å². The zero-order chi connectivity index (χ0) is 20.2. The van der Waals surface area contributed by atoms with Gasteiger partial charge in [-0.05, 0) is 51.8 Å². The van der Waals surface area contributed by atoms with Gasteiger partial charge in [0.25, 0.3) is 5.91 Å². The maximum absolute atomic E-state index is 12.2. The van der Waals surface area contributed by atoms with Crippen LogP contribution in [0.15, 0.2) is 29.2 Å². The Hall–Kier alpha value is -2.46. The largest absolute Gasteiger partial charge is 0.449 e. The van der Waals surface area contributed by atoms with Gasteiger partial charge in [-0.25, -0.2) is 22.7 Å². The van der Waals surface area contributed by atoms with Crippen molar-refractivity contribution in [1.29, 1.82) is 0 Å². The normalized spacial score (nSPS) is 15.1. The number of carbonyl (C=O) groups excluding carboxylic acids is 3. The van der Waals surface area contributed by atoms with Crippen molar-refractivity contribution in [1.82, 2.24) is 15.4 Å². The van der Waals surface area contributed by atoms with Crippen LogP contribution in [0, 0.1) is 0 Å². The second-order valence-electron chi connectivity index (χ2n) is 6.59. The van der Waals surface area contributed by atoms with Gasteiger partial charge in [0, 0.05) is 12.1 Å². The number of imide groups is 1. The third-order valence-corrected chi connectivity index (χ3v) is 5.23. The number of nitrogens with one attached hydrogen (secondary N) is 3. The van der Waals surface area contributed by atoms with E-state index in [1.165, 1.54) is 25.1 Å². The average molecular weight is 397 g/mol. The molecule has 0 bridgehead atoms. The Morgan fingerprint density at radius 3 is 2.41 bits per heavy atom. The third kappa shape index (κ3) is 6.33. The van der Waals surface area contributed by atoms with Crippen LogP contribution in [0.4, 0.5) is 4.79 Å². The Morgan fingerprint density at radius 2 is 1.81 bits per heavy atom. The van der Waals surface area contributed by atoms with Crippen molar-refractivity contribution >= 4 is 27.9 Å². The van der Waals surface area contributed by atoms with Gasteiger partial charge in [0.1, 0.15) is 0 Å². The molecular formula is C17H23N3O6S. The van der Waals surface area contributed by atoms with Crippen molar-refractivity contribution < 1.29 is 27.5 Å². The third-order valence-electron chi connectivity index (χ3n) is 3.57. The number of sulfonamides is 1. The van der Waals surface area contributed by atoms with Crippen molar-refractivity contribution in [3.63, 3.8) is 0 Å². The first-order chi connectivity index (χ1) is 12.6. The minimum atomic E-state index is -3.77. The van der Waals surface area contributed by atoms with E-state index in [0.717, 1.165) is 18.9 Å². The van der Waals surface area contributed by atoms with E-state index in [9.17, 15) is 22.8 Å². The number of amides is 3. The topological polar surface area (TPSA) is 131 Å².